The van der Waals surface area contributed by atoms with Gasteiger partial charge in [-0.2, -0.15) is 5.10 Å². The van der Waals surface area contributed by atoms with E-state index >= 15 is 0 Å². The number of pyridine rings is 1. The summed E-state index contributed by atoms with van der Waals surface area (Å²) in [6.07, 6.45) is -0.288. The molecule has 0 bridgehead atoms. The molecule has 1 saturated heterocycles. The smallest absolute Gasteiger partial charge is 0.411 e. The highest BCUT2D eigenvalue weighted by atomic mass is 35.5. The minimum absolute atomic E-state index is 0.0376. The summed E-state index contributed by atoms with van der Waals surface area (Å²) in [5.74, 6) is -0.978. The van der Waals surface area contributed by atoms with E-state index in [0.29, 0.717) is 33.0 Å². The first-order chi connectivity index (χ1) is 21.6. The Balaban J connectivity index is 1.41. The summed E-state index contributed by atoms with van der Waals surface area (Å²) < 4.78 is 16.7. The van der Waals surface area contributed by atoms with E-state index in [9.17, 15) is 19.2 Å². The number of hydrogen-bond acceptors (Lipinski definition) is 9. The van der Waals surface area contributed by atoms with Gasteiger partial charge in [-0.05, 0) is 31.2 Å². The molecule has 2 aromatic carbocycles. The van der Waals surface area contributed by atoms with Crippen molar-refractivity contribution in [1.29, 1.82) is 0 Å². The largest absolute Gasteiger partial charge is 0.481 e. The van der Waals surface area contributed by atoms with Crippen LogP contribution in [-0.4, -0.2) is 64.0 Å². The Morgan fingerprint density at radius 3 is 2.47 bits per heavy atom. The molecule has 12 nitrogen and oxygen atoms in total. The van der Waals surface area contributed by atoms with Crippen molar-refractivity contribution in [2.75, 3.05) is 25.6 Å². The molecule has 1 N–H and O–H groups in total. The summed E-state index contributed by atoms with van der Waals surface area (Å²) in [5, 5.41) is 7.09. The van der Waals surface area contributed by atoms with Crippen LogP contribution in [0.1, 0.15) is 22.8 Å². The Hall–Kier alpha value is -4.94. The number of hydrogen-bond donors (Lipinski definition) is 1. The Kier molecular flexibility index (Phi) is 9.35. The maximum absolute atomic E-state index is 12.9. The number of aryl methyl sites for hydroxylation is 1. The number of ether oxygens (including phenoxy) is 3. The van der Waals surface area contributed by atoms with E-state index in [4.69, 9.17) is 37.4 Å². The molecule has 0 saturated carbocycles. The van der Waals surface area contributed by atoms with Crippen molar-refractivity contribution in [1.82, 2.24) is 19.7 Å². The van der Waals surface area contributed by atoms with E-state index in [2.05, 4.69) is 15.4 Å². The molecule has 5 rings (SSSR count). The van der Waals surface area contributed by atoms with Crippen molar-refractivity contribution in [3.8, 4) is 28.3 Å². The van der Waals surface area contributed by atoms with Gasteiger partial charge in [-0.25, -0.2) is 19.3 Å². The summed E-state index contributed by atoms with van der Waals surface area (Å²) in [6.45, 7) is 1.99. The van der Waals surface area contributed by atoms with E-state index in [1.807, 2.05) is 0 Å². The first kappa shape index (κ1) is 31.5. The lowest BCUT2D eigenvalue weighted by Gasteiger charge is -2.17. The summed E-state index contributed by atoms with van der Waals surface area (Å²) >= 11 is 13.7. The fourth-order valence-electron chi connectivity index (χ4n) is 4.76. The number of halogens is 2. The molecule has 232 valence electrons. The molecule has 0 aliphatic carbocycles. The second-order valence-electron chi connectivity index (χ2n) is 9.83. The van der Waals surface area contributed by atoms with E-state index in [-0.39, 0.29) is 41.8 Å². The lowest BCUT2D eigenvalue weighted by molar-refractivity contribution is -0.151. The molecule has 4 aromatic rings. The van der Waals surface area contributed by atoms with E-state index in [1.54, 1.807) is 55.5 Å². The van der Waals surface area contributed by atoms with Gasteiger partial charge in [-0.15, -0.1) is 0 Å². The van der Waals surface area contributed by atoms with Crippen LogP contribution in [0.5, 0.6) is 5.88 Å². The van der Waals surface area contributed by atoms with Crippen molar-refractivity contribution in [2.24, 2.45) is 7.05 Å². The second kappa shape index (κ2) is 13.4. The Morgan fingerprint density at radius 2 is 1.73 bits per heavy atom. The van der Waals surface area contributed by atoms with Gasteiger partial charge in [0.2, 0.25) is 12.0 Å². The predicted octanol–water partition coefficient (Wildman–Crippen LogP) is 4.96. The molecule has 2 amide bonds. The third-order valence-corrected chi connectivity index (χ3v) is 7.81. The van der Waals surface area contributed by atoms with Crippen LogP contribution in [0.2, 0.25) is 10.0 Å². The normalized spacial score (nSPS) is 14.2. The fraction of sp³-hybridized carbons (Fsp3) is 0.226. The van der Waals surface area contributed by atoms with Crippen LogP contribution in [0, 0.1) is 0 Å². The molecular weight excluding hydrogens is 625 g/mol. The fourth-order valence-corrected chi connectivity index (χ4v) is 5.36. The molecule has 1 aliphatic heterocycles. The molecule has 14 heteroatoms. The number of rotatable bonds is 9. The van der Waals surface area contributed by atoms with Crippen LogP contribution in [0.15, 0.2) is 65.6 Å². The molecule has 2 aromatic heterocycles. The van der Waals surface area contributed by atoms with Gasteiger partial charge in [0.1, 0.15) is 5.56 Å². The number of amides is 2. The molecule has 1 unspecified atom stereocenters. The molecule has 45 heavy (non-hydrogen) atoms. The van der Waals surface area contributed by atoms with Gasteiger partial charge in [0.05, 0.1) is 48.2 Å². The Morgan fingerprint density at radius 1 is 1.02 bits per heavy atom. The lowest BCUT2D eigenvalue weighted by atomic mass is 10.00. The Bertz CT molecular complexity index is 1860. The predicted molar refractivity (Wildman–Crippen MR) is 166 cm³/mol. The van der Waals surface area contributed by atoms with Gasteiger partial charge in [-0.3, -0.25) is 14.5 Å². The number of carbonyl (C=O) groups excluding carboxylic acids is 3. The maximum atomic E-state index is 12.9. The van der Waals surface area contributed by atoms with Crippen molar-refractivity contribution in [3.63, 3.8) is 0 Å². The highest BCUT2D eigenvalue weighted by Crippen LogP contribution is 2.41. The topological polar surface area (TPSA) is 142 Å². The molecule has 3 heterocycles. The Labute approximate surface area is 267 Å². The number of benzene rings is 2. The quantitative estimate of drug-likeness (QED) is 0.248. The maximum Gasteiger partial charge on any atom is 0.411 e. The van der Waals surface area contributed by atoms with Crippen LogP contribution < -0.4 is 15.6 Å². The molecular formula is C31H27Cl2N5O7. The minimum Gasteiger partial charge on any atom is -0.481 e. The molecule has 0 radical (unpaired) electrons. The van der Waals surface area contributed by atoms with E-state index < -0.39 is 29.6 Å². The van der Waals surface area contributed by atoms with Gasteiger partial charge < -0.3 is 19.5 Å². The summed E-state index contributed by atoms with van der Waals surface area (Å²) in [7, 11) is 2.91. The van der Waals surface area contributed by atoms with Gasteiger partial charge in [-0.1, -0.05) is 53.5 Å². The highest BCUT2D eigenvalue weighted by Gasteiger charge is 2.37. The molecule has 1 aliphatic rings. The SMILES string of the molecule is CCOC(=O)C1CN(Cc2ccc(-c3cccc(-c4cccc(NC(=O)c5ccnn(C)c5=O)c4Cl)c3Cl)nc2OC)C(=O)O1. The summed E-state index contributed by atoms with van der Waals surface area (Å²) in [6, 6.07) is 15.2. The number of aromatic nitrogens is 3. The zero-order valence-corrected chi connectivity index (χ0v) is 25.9. The molecule has 1 fully saturated rings. The van der Waals surface area contributed by atoms with Crippen molar-refractivity contribution < 1.29 is 28.6 Å². The van der Waals surface area contributed by atoms with Crippen LogP contribution in [-0.2, 0) is 27.9 Å². The van der Waals surface area contributed by atoms with Gasteiger partial charge in [0.15, 0.2) is 0 Å². The number of cyclic esters (lactones) is 1. The van der Waals surface area contributed by atoms with E-state index in [0.717, 1.165) is 4.68 Å². The number of nitrogens with one attached hydrogen (secondary N) is 1. The number of nitrogens with zero attached hydrogens (tertiary/aromatic N) is 4. The third-order valence-electron chi connectivity index (χ3n) is 6.99. The average molecular weight is 652 g/mol. The van der Waals surface area contributed by atoms with Crippen LogP contribution in [0.25, 0.3) is 22.4 Å². The minimum atomic E-state index is -1.00. The number of methoxy groups -OCH3 is 1. The van der Waals surface area contributed by atoms with E-state index in [1.165, 1.54) is 31.3 Å². The van der Waals surface area contributed by atoms with Crippen LogP contribution in [0.3, 0.4) is 0 Å². The molecule has 1 atom stereocenters. The van der Waals surface area contributed by atoms with Crippen molar-refractivity contribution in [3.05, 3.63) is 92.3 Å². The van der Waals surface area contributed by atoms with Crippen molar-refractivity contribution in [2.45, 2.75) is 19.6 Å². The second-order valence-corrected chi connectivity index (χ2v) is 10.6. The zero-order chi connectivity index (χ0) is 32.2. The highest BCUT2D eigenvalue weighted by molar-refractivity contribution is 6.39. The monoisotopic (exact) mass is 651 g/mol. The zero-order valence-electron chi connectivity index (χ0n) is 24.4. The molecule has 0 spiro atoms. The standard InChI is InChI=1S/C31H27Cl2N5O7/c1-4-44-30(41)24-16-38(31(42)45-24)15-17-11-12-22(36-28(17)43-3)20-9-5-7-18(25(20)32)19-8-6-10-23(26(19)33)35-27(39)21-13-14-34-37(2)29(21)40/h5-14,24H,4,15-16H2,1-3H3,(H,35,39). The number of esters is 1. The summed E-state index contributed by atoms with van der Waals surface area (Å²) in [5.41, 5.74) is 2.42. The van der Waals surface area contributed by atoms with Gasteiger partial charge in [0.25, 0.3) is 11.5 Å². The first-order valence-electron chi connectivity index (χ1n) is 13.7. The lowest BCUT2D eigenvalue weighted by Crippen LogP contribution is -2.29. The van der Waals surface area contributed by atoms with Crippen molar-refractivity contribution >= 4 is 46.9 Å². The number of anilines is 1. The van der Waals surface area contributed by atoms with Gasteiger partial charge >= 0.3 is 12.1 Å². The summed E-state index contributed by atoms with van der Waals surface area (Å²) in [4.78, 5) is 55.6. The average Bonchev–Trinajstić information content (AvgIpc) is 3.40. The van der Waals surface area contributed by atoms with Gasteiger partial charge in [0, 0.05) is 35.5 Å². The first-order valence-corrected chi connectivity index (χ1v) is 14.5. The number of carbonyl (C=O) groups is 3. The third kappa shape index (κ3) is 6.47. The van der Waals surface area contributed by atoms with Crippen LogP contribution in [0.4, 0.5) is 10.5 Å². The van der Waals surface area contributed by atoms with Crippen LogP contribution >= 0.6 is 23.2 Å².